The predicted octanol–water partition coefficient (Wildman–Crippen LogP) is 3.88. The van der Waals surface area contributed by atoms with E-state index in [0.29, 0.717) is 17.0 Å². The molecule has 0 aliphatic rings. The average Bonchev–Trinajstić information content (AvgIpc) is 3.04. The number of amides is 1. The Morgan fingerprint density at radius 1 is 1.27 bits per heavy atom. The summed E-state index contributed by atoms with van der Waals surface area (Å²) in [5.74, 6) is -1.73. The van der Waals surface area contributed by atoms with E-state index in [1.54, 1.807) is 16.8 Å². The average molecular weight is 378 g/mol. The van der Waals surface area contributed by atoms with E-state index in [0.717, 1.165) is 17.8 Å². The minimum Gasteiger partial charge on any atom is -0.481 e. The smallest absolute Gasteiger partial charge is 0.308 e. The number of nitrogens with one attached hydrogen (secondary N) is 1. The minimum absolute atomic E-state index is 0.0554. The Balaban J connectivity index is 2.25. The van der Waals surface area contributed by atoms with Crippen molar-refractivity contribution in [2.24, 2.45) is 5.92 Å². The van der Waals surface area contributed by atoms with Gasteiger partial charge < -0.3 is 10.4 Å². The van der Waals surface area contributed by atoms with Gasteiger partial charge in [-0.3, -0.25) is 9.59 Å². The van der Waals surface area contributed by atoms with Gasteiger partial charge in [0.1, 0.15) is 0 Å². The molecule has 1 atom stereocenters. The predicted molar refractivity (Wildman–Crippen MR) is 101 cm³/mol. The topological polar surface area (TPSA) is 84.2 Å². The zero-order valence-electron chi connectivity index (χ0n) is 15.2. The molecule has 2 aromatic rings. The number of halogens is 1. The lowest BCUT2D eigenvalue weighted by Gasteiger charge is -2.15. The monoisotopic (exact) mass is 377 g/mol. The molecule has 1 amide bonds. The van der Waals surface area contributed by atoms with Crippen molar-refractivity contribution in [3.63, 3.8) is 0 Å². The number of hydrogen-bond donors (Lipinski definition) is 2. The van der Waals surface area contributed by atoms with E-state index in [-0.39, 0.29) is 18.4 Å². The number of aromatic nitrogens is 2. The van der Waals surface area contributed by atoms with Gasteiger partial charge in [-0.2, -0.15) is 5.10 Å². The van der Waals surface area contributed by atoms with Crippen molar-refractivity contribution >= 4 is 23.5 Å². The molecule has 0 fully saturated rings. The first-order valence-electron chi connectivity index (χ1n) is 8.70. The molecule has 0 aliphatic carbocycles. The Morgan fingerprint density at radius 2 is 1.92 bits per heavy atom. The second-order valence-corrected chi connectivity index (χ2v) is 6.96. The van der Waals surface area contributed by atoms with Gasteiger partial charge in [-0.25, -0.2) is 4.68 Å². The fraction of sp³-hybridized carbons (Fsp3) is 0.421. The Labute approximate surface area is 158 Å². The van der Waals surface area contributed by atoms with Crippen LogP contribution in [0.15, 0.2) is 30.5 Å². The molecule has 0 spiro atoms. The quantitative estimate of drug-likeness (QED) is 0.731. The van der Waals surface area contributed by atoms with Crippen LogP contribution in [-0.2, 0) is 4.79 Å². The summed E-state index contributed by atoms with van der Waals surface area (Å²) < 4.78 is 1.72. The number of hydrogen-bond acceptors (Lipinski definition) is 3. The third-order valence-corrected chi connectivity index (χ3v) is 4.42. The Morgan fingerprint density at radius 3 is 2.46 bits per heavy atom. The normalized spacial score (nSPS) is 12.2. The Hall–Kier alpha value is -2.34. The molecule has 7 heteroatoms. The number of benzene rings is 1. The van der Waals surface area contributed by atoms with Crippen LogP contribution in [0.2, 0.25) is 5.02 Å². The van der Waals surface area contributed by atoms with Gasteiger partial charge in [0.15, 0.2) is 0 Å². The van der Waals surface area contributed by atoms with Crippen molar-refractivity contribution in [3.05, 3.63) is 46.7 Å². The zero-order valence-corrected chi connectivity index (χ0v) is 16.0. The maximum Gasteiger partial charge on any atom is 0.308 e. The van der Waals surface area contributed by atoms with Crippen LogP contribution in [-0.4, -0.2) is 33.3 Å². The van der Waals surface area contributed by atoms with Gasteiger partial charge >= 0.3 is 5.97 Å². The molecule has 26 heavy (non-hydrogen) atoms. The number of carbonyl (C=O) groups excluding carboxylic acids is 1. The fourth-order valence-electron chi connectivity index (χ4n) is 2.85. The van der Waals surface area contributed by atoms with Crippen LogP contribution < -0.4 is 5.32 Å². The van der Waals surface area contributed by atoms with E-state index in [1.807, 2.05) is 32.9 Å². The molecule has 1 heterocycles. The van der Waals surface area contributed by atoms with Crippen LogP contribution in [0.3, 0.4) is 0 Å². The van der Waals surface area contributed by atoms with Gasteiger partial charge in [0, 0.05) is 11.6 Å². The van der Waals surface area contributed by atoms with Gasteiger partial charge in [-0.05, 0) is 36.6 Å². The summed E-state index contributed by atoms with van der Waals surface area (Å²) in [6, 6.07) is 7.21. The standard InChI is InChI=1S/C19H24ClN3O3/c1-4-5-13(19(25)26)10-21-18(24)16-11-22-23(17(16)12(2)3)15-8-6-14(20)7-9-15/h6-9,11-13H,4-5,10H2,1-3H3,(H,21,24)(H,25,26). The molecular formula is C19H24ClN3O3. The highest BCUT2D eigenvalue weighted by atomic mass is 35.5. The van der Waals surface area contributed by atoms with Gasteiger partial charge in [0.05, 0.1) is 29.1 Å². The number of carboxylic acids is 1. The molecule has 140 valence electrons. The number of aliphatic carboxylic acids is 1. The molecule has 6 nitrogen and oxygen atoms in total. The maximum atomic E-state index is 12.6. The van der Waals surface area contributed by atoms with E-state index in [1.165, 1.54) is 6.20 Å². The first-order chi connectivity index (χ1) is 12.3. The summed E-state index contributed by atoms with van der Waals surface area (Å²) in [5, 5.41) is 16.9. The van der Waals surface area contributed by atoms with Crippen LogP contribution in [0.1, 0.15) is 55.6 Å². The summed E-state index contributed by atoms with van der Waals surface area (Å²) in [7, 11) is 0. The molecule has 2 N–H and O–H groups in total. The van der Waals surface area contributed by atoms with Crippen LogP contribution in [0.4, 0.5) is 0 Å². The summed E-state index contributed by atoms with van der Waals surface area (Å²) in [5.41, 5.74) is 2.04. The molecule has 1 aromatic carbocycles. The third kappa shape index (κ3) is 4.64. The molecular weight excluding hydrogens is 354 g/mol. The van der Waals surface area contributed by atoms with Gasteiger partial charge in [-0.1, -0.05) is 38.8 Å². The number of rotatable bonds is 8. The van der Waals surface area contributed by atoms with Crippen molar-refractivity contribution in [3.8, 4) is 5.69 Å². The second-order valence-electron chi connectivity index (χ2n) is 6.52. The lowest BCUT2D eigenvalue weighted by molar-refractivity contribution is -0.141. The van der Waals surface area contributed by atoms with E-state index in [9.17, 15) is 14.7 Å². The van der Waals surface area contributed by atoms with Crippen molar-refractivity contribution in [2.75, 3.05) is 6.54 Å². The van der Waals surface area contributed by atoms with Crippen molar-refractivity contribution in [1.29, 1.82) is 0 Å². The van der Waals surface area contributed by atoms with Crippen molar-refractivity contribution in [1.82, 2.24) is 15.1 Å². The molecule has 1 aromatic heterocycles. The first-order valence-corrected chi connectivity index (χ1v) is 9.07. The van der Waals surface area contributed by atoms with Gasteiger partial charge in [-0.15, -0.1) is 0 Å². The van der Waals surface area contributed by atoms with E-state index in [4.69, 9.17) is 11.6 Å². The summed E-state index contributed by atoms with van der Waals surface area (Å²) in [6.45, 7) is 5.99. The Kier molecular flexibility index (Phi) is 6.80. The highest BCUT2D eigenvalue weighted by molar-refractivity contribution is 6.30. The number of carboxylic acid groups (broad SMARTS) is 1. The molecule has 2 rings (SSSR count). The summed E-state index contributed by atoms with van der Waals surface area (Å²) >= 11 is 5.94. The van der Waals surface area contributed by atoms with Crippen molar-refractivity contribution in [2.45, 2.75) is 39.5 Å². The zero-order chi connectivity index (χ0) is 19.3. The minimum atomic E-state index is -0.895. The van der Waals surface area contributed by atoms with Crippen LogP contribution in [0, 0.1) is 5.92 Å². The highest BCUT2D eigenvalue weighted by Crippen LogP contribution is 2.24. The summed E-state index contributed by atoms with van der Waals surface area (Å²) in [6.07, 6.45) is 2.80. The second kappa shape index (κ2) is 8.85. The SMILES string of the molecule is CCCC(CNC(=O)c1cnn(-c2ccc(Cl)cc2)c1C(C)C)C(=O)O. The van der Waals surface area contributed by atoms with Gasteiger partial charge in [0.2, 0.25) is 0 Å². The van der Waals surface area contributed by atoms with Crippen LogP contribution in [0.25, 0.3) is 5.69 Å². The largest absolute Gasteiger partial charge is 0.481 e. The van der Waals surface area contributed by atoms with Crippen LogP contribution in [0.5, 0.6) is 0 Å². The molecule has 0 saturated heterocycles. The van der Waals surface area contributed by atoms with E-state index in [2.05, 4.69) is 10.4 Å². The molecule has 0 aliphatic heterocycles. The molecule has 0 radical (unpaired) electrons. The molecule has 0 saturated carbocycles. The third-order valence-electron chi connectivity index (χ3n) is 4.16. The van der Waals surface area contributed by atoms with E-state index < -0.39 is 11.9 Å². The lowest BCUT2D eigenvalue weighted by atomic mass is 10.0. The van der Waals surface area contributed by atoms with E-state index >= 15 is 0 Å². The lowest BCUT2D eigenvalue weighted by Crippen LogP contribution is -2.33. The Bertz CT molecular complexity index is 769. The maximum absolute atomic E-state index is 12.6. The summed E-state index contributed by atoms with van der Waals surface area (Å²) in [4.78, 5) is 23.9. The first kappa shape index (κ1) is 20.0. The molecule has 1 unspecified atom stereocenters. The number of nitrogens with zero attached hydrogens (tertiary/aromatic N) is 2. The van der Waals surface area contributed by atoms with Gasteiger partial charge in [0.25, 0.3) is 5.91 Å². The number of carbonyl (C=O) groups is 2. The molecule has 0 bridgehead atoms. The van der Waals surface area contributed by atoms with Crippen LogP contribution >= 0.6 is 11.6 Å². The van der Waals surface area contributed by atoms with Crippen molar-refractivity contribution < 1.29 is 14.7 Å². The highest BCUT2D eigenvalue weighted by Gasteiger charge is 2.23. The fourth-order valence-corrected chi connectivity index (χ4v) is 2.97.